The Morgan fingerprint density at radius 1 is 1.53 bits per heavy atom. The maximum Gasteiger partial charge on any atom is 0.302 e. The quantitative estimate of drug-likeness (QED) is 0.596. The number of amides is 1. The van der Waals surface area contributed by atoms with Crippen LogP contribution in [0.2, 0.25) is 0 Å². The van der Waals surface area contributed by atoms with Crippen molar-refractivity contribution in [1.82, 2.24) is 4.98 Å². The number of halogens is 1. The van der Waals surface area contributed by atoms with E-state index in [1.54, 1.807) is 0 Å². The minimum Gasteiger partial charge on any atom is -0.311 e. The summed E-state index contributed by atoms with van der Waals surface area (Å²) in [5.74, 6) is -1.62. The number of carbonyl (C=O) groups excluding carboxylic acids is 2. The standard InChI is InChI=1S/C11H11FN2O4S/c12-19(17,18)7-8-3-11(16)14(5-8)10-1-2-13-4-9(10)6-15/h1-2,4,6,8H,3,5,7H2. The van der Waals surface area contributed by atoms with Gasteiger partial charge < -0.3 is 4.90 Å². The van der Waals surface area contributed by atoms with Crippen LogP contribution in [-0.2, 0) is 15.0 Å². The highest BCUT2D eigenvalue weighted by Gasteiger charge is 2.34. The predicted molar refractivity (Wildman–Crippen MR) is 65.0 cm³/mol. The molecule has 1 saturated heterocycles. The van der Waals surface area contributed by atoms with Crippen molar-refractivity contribution in [1.29, 1.82) is 0 Å². The summed E-state index contributed by atoms with van der Waals surface area (Å²) in [6.45, 7) is 0.0762. The fourth-order valence-corrected chi connectivity index (χ4v) is 2.93. The molecule has 6 nitrogen and oxygen atoms in total. The molecule has 102 valence electrons. The molecule has 1 aliphatic heterocycles. The third kappa shape index (κ3) is 3.14. The maximum atomic E-state index is 12.6. The molecule has 2 heterocycles. The smallest absolute Gasteiger partial charge is 0.302 e. The average Bonchev–Trinajstić information content (AvgIpc) is 2.67. The number of carbonyl (C=O) groups is 2. The number of rotatable bonds is 4. The highest BCUT2D eigenvalue weighted by atomic mass is 32.3. The van der Waals surface area contributed by atoms with Crippen LogP contribution < -0.4 is 4.90 Å². The molecule has 1 atom stereocenters. The van der Waals surface area contributed by atoms with E-state index in [1.165, 1.54) is 23.4 Å². The van der Waals surface area contributed by atoms with Gasteiger partial charge >= 0.3 is 10.2 Å². The second-order valence-electron chi connectivity index (χ2n) is 4.33. The Labute approximate surface area is 109 Å². The number of hydrogen-bond donors (Lipinski definition) is 0. The van der Waals surface area contributed by atoms with Crippen molar-refractivity contribution in [3.8, 4) is 0 Å². The SMILES string of the molecule is O=Cc1cnccc1N1CC(CS(=O)(=O)F)CC1=O. The van der Waals surface area contributed by atoms with Gasteiger partial charge in [-0.1, -0.05) is 0 Å². The van der Waals surface area contributed by atoms with Crippen molar-refractivity contribution in [3.63, 3.8) is 0 Å². The van der Waals surface area contributed by atoms with E-state index in [0.717, 1.165) is 0 Å². The lowest BCUT2D eigenvalue weighted by atomic mass is 10.1. The molecule has 1 unspecified atom stereocenters. The molecule has 0 saturated carbocycles. The van der Waals surface area contributed by atoms with E-state index in [2.05, 4.69) is 4.98 Å². The molecular weight excluding hydrogens is 275 g/mol. The third-order valence-corrected chi connectivity index (χ3v) is 3.76. The van der Waals surface area contributed by atoms with Gasteiger partial charge in [0, 0.05) is 31.3 Å². The Morgan fingerprint density at radius 3 is 2.89 bits per heavy atom. The summed E-state index contributed by atoms with van der Waals surface area (Å²) in [6.07, 6.45) is 3.25. The summed E-state index contributed by atoms with van der Waals surface area (Å²) >= 11 is 0. The van der Waals surface area contributed by atoms with Crippen LogP contribution in [0.1, 0.15) is 16.8 Å². The Kier molecular flexibility index (Phi) is 3.61. The van der Waals surface area contributed by atoms with Gasteiger partial charge in [0.25, 0.3) is 0 Å². The van der Waals surface area contributed by atoms with Crippen molar-refractivity contribution in [2.75, 3.05) is 17.2 Å². The fourth-order valence-electron chi connectivity index (χ4n) is 2.14. The molecule has 2 rings (SSSR count). The van der Waals surface area contributed by atoms with E-state index >= 15 is 0 Å². The predicted octanol–water partition coefficient (Wildman–Crippen LogP) is 0.546. The monoisotopic (exact) mass is 286 g/mol. The van der Waals surface area contributed by atoms with Gasteiger partial charge in [-0.05, 0) is 6.07 Å². The van der Waals surface area contributed by atoms with Crippen LogP contribution in [-0.4, -0.2) is 37.9 Å². The van der Waals surface area contributed by atoms with Gasteiger partial charge in [-0.15, -0.1) is 3.89 Å². The van der Waals surface area contributed by atoms with Gasteiger partial charge in [0.1, 0.15) is 0 Å². The molecule has 0 radical (unpaired) electrons. The summed E-state index contributed by atoms with van der Waals surface area (Å²) in [5.41, 5.74) is 0.605. The van der Waals surface area contributed by atoms with Gasteiger partial charge in [-0.2, -0.15) is 8.42 Å². The van der Waals surface area contributed by atoms with E-state index < -0.39 is 21.9 Å². The third-order valence-electron chi connectivity index (χ3n) is 2.89. The summed E-state index contributed by atoms with van der Waals surface area (Å²) in [6, 6.07) is 1.49. The zero-order chi connectivity index (χ0) is 14.0. The molecule has 0 aromatic carbocycles. The lowest BCUT2D eigenvalue weighted by Gasteiger charge is -2.17. The largest absolute Gasteiger partial charge is 0.311 e. The number of hydrogen-bond acceptors (Lipinski definition) is 5. The van der Waals surface area contributed by atoms with Gasteiger partial charge in [-0.3, -0.25) is 14.6 Å². The minimum atomic E-state index is -4.61. The molecular formula is C11H11FN2O4S. The second-order valence-corrected chi connectivity index (χ2v) is 5.74. The highest BCUT2D eigenvalue weighted by molar-refractivity contribution is 7.86. The Morgan fingerprint density at radius 2 is 2.26 bits per heavy atom. The number of pyridine rings is 1. The summed E-state index contributed by atoms with van der Waals surface area (Å²) < 4.78 is 33.8. The van der Waals surface area contributed by atoms with E-state index in [9.17, 15) is 21.9 Å². The molecule has 0 bridgehead atoms. The van der Waals surface area contributed by atoms with Crippen LogP contribution in [0.3, 0.4) is 0 Å². The molecule has 1 aliphatic rings. The van der Waals surface area contributed by atoms with Gasteiger partial charge in [0.05, 0.1) is 17.0 Å². The molecule has 0 spiro atoms. The first kappa shape index (κ1) is 13.6. The van der Waals surface area contributed by atoms with Gasteiger partial charge in [0.15, 0.2) is 6.29 Å². The van der Waals surface area contributed by atoms with Crippen LogP contribution in [0.15, 0.2) is 18.5 Å². The fraction of sp³-hybridized carbons (Fsp3) is 0.364. The first-order valence-corrected chi connectivity index (χ1v) is 7.08. The summed E-state index contributed by atoms with van der Waals surface area (Å²) in [7, 11) is -4.61. The van der Waals surface area contributed by atoms with E-state index in [4.69, 9.17) is 0 Å². The van der Waals surface area contributed by atoms with Crippen LogP contribution in [0.4, 0.5) is 9.57 Å². The van der Waals surface area contributed by atoms with E-state index in [1.807, 2.05) is 0 Å². The lowest BCUT2D eigenvalue weighted by molar-refractivity contribution is -0.117. The van der Waals surface area contributed by atoms with Crippen LogP contribution >= 0.6 is 0 Å². The Hall–Kier alpha value is -1.83. The highest BCUT2D eigenvalue weighted by Crippen LogP contribution is 2.27. The first-order valence-electron chi connectivity index (χ1n) is 5.52. The van der Waals surface area contributed by atoms with Crippen molar-refractivity contribution < 1.29 is 21.9 Å². The Balaban J connectivity index is 2.23. The van der Waals surface area contributed by atoms with Crippen LogP contribution in [0.5, 0.6) is 0 Å². The molecule has 1 aromatic heterocycles. The normalized spacial score (nSPS) is 19.7. The first-order chi connectivity index (χ1) is 8.90. The van der Waals surface area contributed by atoms with Crippen molar-refractivity contribution in [2.45, 2.75) is 6.42 Å². The Bertz CT molecular complexity index is 617. The molecule has 1 amide bonds. The summed E-state index contributed by atoms with van der Waals surface area (Å²) in [4.78, 5) is 27.7. The lowest BCUT2D eigenvalue weighted by Crippen LogP contribution is -2.26. The molecule has 1 fully saturated rings. The van der Waals surface area contributed by atoms with Crippen LogP contribution in [0, 0.1) is 5.92 Å². The average molecular weight is 286 g/mol. The zero-order valence-electron chi connectivity index (χ0n) is 9.82. The topological polar surface area (TPSA) is 84.4 Å². The number of aldehydes is 1. The van der Waals surface area contributed by atoms with Crippen LogP contribution in [0.25, 0.3) is 0 Å². The summed E-state index contributed by atoms with van der Waals surface area (Å²) in [5, 5.41) is 0. The molecule has 1 aromatic rings. The molecule has 8 heteroatoms. The number of anilines is 1. The molecule has 0 N–H and O–H groups in total. The second kappa shape index (κ2) is 5.04. The van der Waals surface area contributed by atoms with E-state index in [0.29, 0.717) is 12.0 Å². The van der Waals surface area contributed by atoms with Gasteiger partial charge in [0.2, 0.25) is 5.91 Å². The van der Waals surface area contributed by atoms with E-state index in [-0.39, 0.29) is 24.4 Å². The molecule has 19 heavy (non-hydrogen) atoms. The zero-order valence-corrected chi connectivity index (χ0v) is 10.6. The number of aromatic nitrogens is 1. The van der Waals surface area contributed by atoms with Crippen molar-refractivity contribution in [3.05, 3.63) is 24.0 Å². The van der Waals surface area contributed by atoms with Crippen molar-refractivity contribution >= 4 is 28.1 Å². The molecule has 0 aliphatic carbocycles. The minimum absolute atomic E-state index is 0.0518. The maximum absolute atomic E-state index is 12.6. The van der Waals surface area contributed by atoms with Crippen molar-refractivity contribution in [2.24, 2.45) is 5.92 Å². The van der Waals surface area contributed by atoms with Gasteiger partial charge in [-0.25, -0.2) is 0 Å². The number of nitrogens with zero attached hydrogens (tertiary/aromatic N) is 2.